The molecule has 1 heterocycles. The number of hydrogen-bond acceptors (Lipinski definition) is 5. The smallest absolute Gasteiger partial charge is 0.252 e. The summed E-state index contributed by atoms with van der Waals surface area (Å²) in [7, 11) is 1.60. The number of aromatic amines is 1. The van der Waals surface area contributed by atoms with Crippen molar-refractivity contribution < 1.29 is 9.84 Å². The zero-order chi connectivity index (χ0) is 11.1. The molecule has 0 bridgehead atoms. The first-order valence-corrected chi connectivity index (χ1v) is 4.67. The summed E-state index contributed by atoms with van der Waals surface area (Å²) in [6, 6.07) is 1.39. The molecule has 0 amide bonds. The highest BCUT2D eigenvalue weighted by Crippen LogP contribution is 2.04. The number of anilines is 1. The number of ether oxygens (including phenoxy) is 1. The van der Waals surface area contributed by atoms with E-state index in [0.29, 0.717) is 25.5 Å². The first kappa shape index (κ1) is 11.7. The van der Waals surface area contributed by atoms with Crippen molar-refractivity contribution >= 4 is 5.82 Å². The predicted octanol–water partition coefficient (Wildman–Crippen LogP) is -0.785. The first-order chi connectivity index (χ1) is 7.27. The molecular weight excluding hydrogens is 198 g/mol. The van der Waals surface area contributed by atoms with Gasteiger partial charge in [-0.25, -0.2) is 4.98 Å². The lowest BCUT2D eigenvalue weighted by Crippen LogP contribution is -2.31. The fourth-order valence-electron chi connectivity index (χ4n) is 1.19. The standard InChI is InChI=1S/C9H15N3O3/c1-15-5-3-12(2-4-13)8-6-9(14)11-7-10-8/h6-7,13H,2-5H2,1H3,(H,10,11,14). The van der Waals surface area contributed by atoms with Crippen molar-refractivity contribution in [3.8, 4) is 0 Å². The second-order valence-electron chi connectivity index (χ2n) is 2.97. The molecule has 0 spiro atoms. The second-order valence-corrected chi connectivity index (χ2v) is 2.97. The Labute approximate surface area is 87.5 Å². The molecule has 15 heavy (non-hydrogen) atoms. The average Bonchev–Trinajstić information content (AvgIpc) is 2.24. The van der Waals surface area contributed by atoms with Gasteiger partial charge in [0.1, 0.15) is 5.82 Å². The minimum absolute atomic E-state index is 0.0121. The first-order valence-electron chi connectivity index (χ1n) is 4.67. The zero-order valence-corrected chi connectivity index (χ0v) is 8.64. The molecule has 0 radical (unpaired) electrons. The summed E-state index contributed by atoms with van der Waals surface area (Å²) >= 11 is 0. The number of rotatable bonds is 6. The Hall–Kier alpha value is -1.40. The highest BCUT2D eigenvalue weighted by molar-refractivity contribution is 5.36. The van der Waals surface area contributed by atoms with Crippen LogP contribution in [0.25, 0.3) is 0 Å². The van der Waals surface area contributed by atoms with Gasteiger partial charge in [-0.2, -0.15) is 0 Å². The molecule has 0 aliphatic rings. The maximum absolute atomic E-state index is 11.1. The zero-order valence-electron chi connectivity index (χ0n) is 8.64. The van der Waals surface area contributed by atoms with E-state index < -0.39 is 0 Å². The molecule has 1 aromatic rings. The lowest BCUT2D eigenvalue weighted by Gasteiger charge is -2.21. The molecule has 0 saturated carbocycles. The van der Waals surface area contributed by atoms with Crippen LogP contribution >= 0.6 is 0 Å². The number of methoxy groups -OCH3 is 1. The van der Waals surface area contributed by atoms with E-state index in [9.17, 15) is 4.79 Å². The number of hydrogen-bond donors (Lipinski definition) is 2. The Morgan fingerprint density at radius 3 is 3.00 bits per heavy atom. The van der Waals surface area contributed by atoms with E-state index in [1.807, 2.05) is 0 Å². The molecule has 0 fully saturated rings. The largest absolute Gasteiger partial charge is 0.395 e. The summed E-state index contributed by atoms with van der Waals surface area (Å²) in [5, 5.41) is 8.87. The minimum atomic E-state index is -0.208. The van der Waals surface area contributed by atoms with Crippen molar-refractivity contribution in [2.24, 2.45) is 0 Å². The lowest BCUT2D eigenvalue weighted by molar-refractivity contribution is 0.202. The third-order valence-electron chi connectivity index (χ3n) is 1.92. The van der Waals surface area contributed by atoms with E-state index in [2.05, 4.69) is 9.97 Å². The normalized spacial score (nSPS) is 10.3. The Balaban J connectivity index is 2.73. The Bertz CT molecular complexity index is 339. The Kier molecular flexibility index (Phi) is 4.79. The molecule has 0 atom stereocenters. The highest BCUT2D eigenvalue weighted by Gasteiger charge is 2.06. The minimum Gasteiger partial charge on any atom is -0.395 e. The van der Waals surface area contributed by atoms with Gasteiger partial charge >= 0.3 is 0 Å². The summed E-state index contributed by atoms with van der Waals surface area (Å²) in [6.07, 6.45) is 1.34. The van der Waals surface area contributed by atoms with Gasteiger partial charge in [-0.05, 0) is 0 Å². The van der Waals surface area contributed by atoms with Gasteiger partial charge in [-0.3, -0.25) is 4.79 Å². The third kappa shape index (κ3) is 3.69. The maximum Gasteiger partial charge on any atom is 0.252 e. The van der Waals surface area contributed by atoms with Crippen molar-refractivity contribution in [2.75, 3.05) is 38.3 Å². The van der Waals surface area contributed by atoms with Crippen LogP contribution in [0.2, 0.25) is 0 Å². The van der Waals surface area contributed by atoms with E-state index in [1.54, 1.807) is 12.0 Å². The number of aliphatic hydroxyl groups is 1. The molecule has 0 aromatic carbocycles. The third-order valence-corrected chi connectivity index (χ3v) is 1.92. The number of aromatic nitrogens is 2. The molecule has 0 aliphatic carbocycles. The topological polar surface area (TPSA) is 78.5 Å². The van der Waals surface area contributed by atoms with Gasteiger partial charge in [-0.15, -0.1) is 0 Å². The van der Waals surface area contributed by atoms with E-state index in [1.165, 1.54) is 12.4 Å². The van der Waals surface area contributed by atoms with Gasteiger partial charge in [0.2, 0.25) is 0 Å². The SMILES string of the molecule is COCCN(CCO)c1cc(=O)[nH]cn1. The lowest BCUT2D eigenvalue weighted by atomic mass is 10.4. The molecule has 2 N–H and O–H groups in total. The number of H-pyrrole nitrogens is 1. The molecule has 1 aromatic heterocycles. The van der Waals surface area contributed by atoms with Gasteiger partial charge in [0.15, 0.2) is 0 Å². The number of nitrogens with zero attached hydrogens (tertiary/aromatic N) is 2. The molecule has 84 valence electrons. The molecule has 0 unspecified atom stereocenters. The molecular formula is C9H15N3O3. The van der Waals surface area contributed by atoms with Crippen LogP contribution in [-0.4, -0.2) is 48.5 Å². The predicted molar refractivity (Wildman–Crippen MR) is 56.0 cm³/mol. The van der Waals surface area contributed by atoms with Crippen LogP contribution < -0.4 is 10.5 Å². The summed E-state index contributed by atoms with van der Waals surface area (Å²) in [4.78, 5) is 19.3. The molecule has 0 saturated heterocycles. The van der Waals surface area contributed by atoms with Gasteiger partial charge in [0.05, 0.1) is 19.5 Å². The van der Waals surface area contributed by atoms with Crippen LogP contribution in [-0.2, 0) is 4.74 Å². The van der Waals surface area contributed by atoms with Crippen LogP contribution in [0.4, 0.5) is 5.82 Å². The van der Waals surface area contributed by atoms with Crippen LogP contribution in [0, 0.1) is 0 Å². The number of nitrogens with one attached hydrogen (secondary N) is 1. The van der Waals surface area contributed by atoms with Gasteiger partial charge < -0.3 is 19.7 Å². The van der Waals surface area contributed by atoms with Crippen molar-refractivity contribution in [1.82, 2.24) is 9.97 Å². The van der Waals surface area contributed by atoms with Gasteiger partial charge in [0.25, 0.3) is 5.56 Å². The summed E-state index contributed by atoms with van der Waals surface area (Å²) in [5.41, 5.74) is -0.208. The Morgan fingerprint density at radius 2 is 2.40 bits per heavy atom. The van der Waals surface area contributed by atoms with Gasteiger partial charge in [0, 0.05) is 26.3 Å². The maximum atomic E-state index is 11.1. The van der Waals surface area contributed by atoms with E-state index in [0.717, 1.165) is 0 Å². The van der Waals surface area contributed by atoms with Crippen LogP contribution in [0.1, 0.15) is 0 Å². The van der Waals surface area contributed by atoms with Crippen molar-refractivity contribution in [2.45, 2.75) is 0 Å². The van der Waals surface area contributed by atoms with Crippen molar-refractivity contribution in [3.05, 3.63) is 22.7 Å². The van der Waals surface area contributed by atoms with Gasteiger partial charge in [-0.1, -0.05) is 0 Å². The summed E-state index contributed by atoms with van der Waals surface area (Å²) in [5.74, 6) is 0.546. The molecule has 6 heteroatoms. The molecule has 1 rings (SSSR count). The second kappa shape index (κ2) is 6.15. The van der Waals surface area contributed by atoms with Crippen LogP contribution in [0.5, 0.6) is 0 Å². The quantitative estimate of drug-likeness (QED) is 0.647. The molecule has 0 aliphatic heterocycles. The van der Waals surface area contributed by atoms with E-state index in [-0.39, 0.29) is 12.2 Å². The fourth-order valence-corrected chi connectivity index (χ4v) is 1.19. The van der Waals surface area contributed by atoms with E-state index in [4.69, 9.17) is 9.84 Å². The van der Waals surface area contributed by atoms with Crippen molar-refractivity contribution in [1.29, 1.82) is 0 Å². The summed E-state index contributed by atoms with van der Waals surface area (Å²) < 4.78 is 4.93. The van der Waals surface area contributed by atoms with Crippen LogP contribution in [0.15, 0.2) is 17.2 Å². The highest BCUT2D eigenvalue weighted by atomic mass is 16.5. The fraction of sp³-hybridized carbons (Fsp3) is 0.556. The van der Waals surface area contributed by atoms with Crippen molar-refractivity contribution in [3.63, 3.8) is 0 Å². The molecule has 6 nitrogen and oxygen atoms in total. The number of aliphatic hydroxyl groups excluding tert-OH is 1. The monoisotopic (exact) mass is 213 g/mol. The average molecular weight is 213 g/mol. The van der Waals surface area contributed by atoms with E-state index >= 15 is 0 Å². The van der Waals surface area contributed by atoms with Crippen LogP contribution in [0.3, 0.4) is 0 Å². The summed E-state index contributed by atoms with van der Waals surface area (Å²) in [6.45, 7) is 1.56. The Morgan fingerprint density at radius 1 is 1.60 bits per heavy atom.